The second kappa shape index (κ2) is 5.93. The van der Waals surface area contributed by atoms with Crippen LogP contribution in [0.5, 0.6) is 0 Å². The summed E-state index contributed by atoms with van der Waals surface area (Å²) in [5, 5.41) is 23.7. The Hall–Kier alpha value is -2.06. The standard InChI is InChI=1S/C14H11IN4O/c1-8-12(14(20)19-18-8)13(9(6-16)7-17)10-4-2-3-5-11(10)15/h2-5,9,13H,1H3,(H2,18,19,20). The number of aromatic amines is 2. The van der Waals surface area contributed by atoms with Crippen LogP contribution in [0.4, 0.5) is 0 Å². The molecule has 0 aliphatic heterocycles. The molecule has 0 aliphatic carbocycles. The number of rotatable bonds is 3. The van der Waals surface area contributed by atoms with E-state index in [1.807, 2.05) is 36.4 Å². The lowest BCUT2D eigenvalue weighted by Crippen LogP contribution is -2.20. The maximum absolute atomic E-state index is 12.0. The number of halogens is 1. The van der Waals surface area contributed by atoms with E-state index in [-0.39, 0.29) is 5.56 Å². The molecule has 2 N–H and O–H groups in total. The van der Waals surface area contributed by atoms with Gasteiger partial charge in [0.1, 0.15) is 5.92 Å². The summed E-state index contributed by atoms with van der Waals surface area (Å²) < 4.78 is 0.922. The fourth-order valence-corrected chi connectivity index (χ4v) is 2.96. The molecule has 1 aromatic carbocycles. The number of H-pyrrole nitrogens is 2. The van der Waals surface area contributed by atoms with Crippen molar-refractivity contribution in [2.24, 2.45) is 5.92 Å². The van der Waals surface area contributed by atoms with Crippen molar-refractivity contribution in [2.45, 2.75) is 12.8 Å². The summed E-state index contributed by atoms with van der Waals surface area (Å²) in [6.07, 6.45) is 0. The molecule has 2 rings (SSSR count). The smallest absolute Gasteiger partial charge is 0.268 e. The van der Waals surface area contributed by atoms with Crippen LogP contribution in [-0.4, -0.2) is 10.2 Å². The summed E-state index contributed by atoms with van der Waals surface area (Å²) in [5.74, 6) is -1.48. The first-order valence-electron chi connectivity index (χ1n) is 5.91. The first-order chi connectivity index (χ1) is 9.60. The highest BCUT2D eigenvalue weighted by Crippen LogP contribution is 2.33. The molecule has 20 heavy (non-hydrogen) atoms. The number of aryl methyl sites for hydroxylation is 1. The van der Waals surface area contributed by atoms with Crippen LogP contribution < -0.4 is 5.56 Å². The molecule has 0 bridgehead atoms. The van der Waals surface area contributed by atoms with E-state index in [0.717, 1.165) is 9.13 Å². The predicted molar refractivity (Wildman–Crippen MR) is 81.9 cm³/mol. The van der Waals surface area contributed by atoms with Crippen LogP contribution in [0.1, 0.15) is 22.7 Å². The molecule has 0 amide bonds. The van der Waals surface area contributed by atoms with E-state index in [1.165, 1.54) is 0 Å². The molecule has 1 aromatic heterocycles. The van der Waals surface area contributed by atoms with Crippen LogP contribution in [0.15, 0.2) is 29.1 Å². The molecule has 1 atom stereocenters. The maximum atomic E-state index is 12.0. The van der Waals surface area contributed by atoms with Crippen molar-refractivity contribution in [3.05, 3.63) is 55.0 Å². The second-order valence-electron chi connectivity index (χ2n) is 4.35. The van der Waals surface area contributed by atoms with E-state index in [1.54, 1.807) is 6.92 Å². The number of nitrogens with zero attached hydrogens (tertiary/aromatic N) is 2. The van der Waals surface area contributed by atoms with Gasteiger partial charge in [-0.1, -0.05) is 18.2 Å². The molecule has 0 radical (unpaired) electrons. The SMILES string of the molecule is Cc1[nH][nH]c(=O)c1C(c1ccccc1I)C(C#N)C#N. The van der Waals surface area contributed by atoms with Gasteiger partial charge in [0.25, 0.3) is 5.56 Å². The molecule has 0 spiro atoms. The molecule has 1 unspecified atom stereocenters. The highest BCUT2D eigenvalue weighted by atomic mass is 127. The van der Waals surface area contributed by atoms with E-state index < -0.39 is 11.8 Å². The minimum Gasteiger partial charge on any atom is -0.302 e. The van der Waals surface area contributed by atoms with Crippen LogP contribution in [-0.2, 0) is 0 Å². The maximum Gasteiger partial charge on any atom is 0.268 e. The Balaban J connectivity index is 2.71. The first kappa shape index (κ1) is 14.4. The Kier molecular flexibility index (Phi) is 4.26. The van der Waals surface area contributed by atoms with Crippen LogP contribution in [0.2, 0.25) is 0 Å². The van der Waals surface area contributed by atoms with Crippen molar-refractivity contribution in [2.75, 3.05) is 0 Å². The lowest BCUT2D eigenvalue weighted by molar-refractivity contribution is 0.697. The number of nitriles is 2. The van der Waals surface area contributed by atoms with Crippen molar-refractivity contribution < 1.29 is 0 Å². The van der Waals surface area contributed by atoms with Gasteiger partial charge in [-0.2, -0.15) is 10.5 Å². The average molecular weight is 378 g/mol. The largest absolute Gasteiger partial charge is 0.302 e. The Labute approximate surface area is 129 Å². The fourth-order valence-electron chi connectivity index (χ4n) is 2.24. The Morgan fingerprint density at radius 2 is 1.85 bits per heavy atom. The van der Waals surface area contributed by atoms with Crippen LogP contribution >= 0.6 is 22.6 Å². The lowest BCUT2D eigenvalue weighted by atomic mass is 9.82. The van der Waals surface area contributed by atoms with Gasteiger partial charge in [-0.15, -0.1) is 0 Å². The Morgan fingerprint density at radius 3 is 2.35 bits per heavy atom. The summed E-state index contributed by atoms with van der Waals surface area (Å²) in [6, 6.07) is 11.4. The molecular weight excluding hydrogens is 367 g/mol. The number of hydrogen-bond acceptors (Lipinski definition) is 3. The zero-order valence-corrected chi connectivity index (χ0v) is 12.8. The topological polar surface area (TPSA) is 96.2 Å². The van der Waals surface area contributed by atoms with E-state index >= 15 is 0 Å². The van der Waals surface area contributed by atoms with Gasteiger partial charge >= 0.3 is 0 Å². The molecule has 5 nitrogen and oxygen atoms in total. The number of nitrogens with one attached hydrogen (secondary N) is 2. The summed E-state index contributed by atoms with van der Waals surface area (Å²) in [6.45, 7) is 1.75. The molecule has 2 aromatic rings. The number of benzene rings is 1. The second-order valence-corrected chi connectivity index (χ2v) is 5.52. The van der Waals surface area contributed by atoms with Gasteiger partial charge < -0.3 is 5.10 Å². The lowest BCUT2D eigenvalue weighted by Gasteiger charge is -2.18. The molecule has 0 saturated heterocycles. The Morgan fingerprint density at radius 1 is 1.20 bits per heavy atom. The minimum atomic E-state index is -0.915. The molecule has 100 valence electrons. The van der Waals surface area contributed by atoms with E-state index in [0.29, 0.717) is 11.3 Å². The molecular formula is C14H11IN4O. The quantitative estimate of drug-likeness (QED) is 0.803. The molecule has 0 fully saturated rings. The van der Waals surface area contributed by atoms with Gasteiger partial charge in [0.2, 0.25) is 0 Å². The zero-order valence-electron chi connectivity index (χ0n) is 10.6. The van der Waals surface area contributed by atoms with Crippen molar-refractivity contribution >= 4 is 22.6 Å². The number of aromatic nitrogens is 2. The summed E-state index contributed by atoms with van der Waals surface area (Å²) >= 11 is 2.15. The van der Waals surface area contributed by atoms with E-state index in [2.05, 4.69) is 32.8 Å². The molecule has 0 aliphatic rings. The Bertz CT molecular complexity index is 748. The molecule has 1 heterocycles. The molecule has 6 heteroatoms. The van der Waals surface area contributed by atoms with E-state index in [9.17, 15) is 15.3 Å². The third kappa shape index (κ3) is 2.47. The summed E-state index contributed by atoms with van der Waals surface area (Å²) in [4.78, 5) is 12.0. The van der Waals surface area contributed by atoms with Crippen LogP contribution in [0, 0.1) is 39.1 Å². The third-order valence-corrected chi connectivity index (χ3v) is 4.16. The van der Waals surface area contributed by atoms with Crippen LogP contribution in [0.3, 0.4) is 0 Å². The summed E-state index contributed by atoms with van der Waals surface area (Å²) in [7, 11) is 0. The zero-order chi connectivity index (χ0) is 14.7. The van der Waals surface area contributed by atoms with E-state index in [4.69, 9.17) is 0 Å². The summed E-state index contributed by atoms with van der Waals surface area (Å²) in [5.41, 5.74) is 1.62. The minimum absolute atomic E-state index is 0.289. The first-order valence-corrected chi connectivity index (χ1v) is 6.98. The third-order valence-electron chi connectivity index (χ3n) is 3.17. The molecule has 0 saturated carbocycles. The van der Waals surface area contributed by atoms with Gasteiger partial charge in [-0.3, -0.25) is 9.89 Å². The van der Waals surface area contributed by atoms with Crippen LogP contribution in [0.25, 0.3) is 0 Å². The van der Waals surface area contributed by atoms with Gasteiger partial charge in [0.15, 0.2) is 0 Å². The average Bonchev–Trinajstić information content (AvgIpc) is 2.77. The van der Waals surface area contributed by atoms with Gasteiger partial charge in [-0.05, 0) is 41.1 Å². The highest BCUT2D eigenvalue weighted by molar-refractivity contribution is 14.1. The van der Waals surface area contributed by atoms with Crippen molar-refractivity contribution in [3.8, 4) is 12.1 Å². The van der Waals surface area contributed by atoms with Crippen molar-refractivity contribution in [1.82, 2.24) is 10.2 Å². The van der Waals surface area contributed by atoms with Gasteiger partial charge in [0.05, 0.1) is 12.1 Å². The van der Waals surface area contributed by atoms with Gasteiger partial charge in [-0.25, -0.2) is 0 Å². The highest BCUT2D eigenvalue weighted by Gasteiger charge is 2.30. The normalized spacial score (nSPS) is 11.8. The van der Waals surface area contributed by atoms with Gasteiger partial charge in [0, 0.05) is 20.7 Å². The predicted octanol–water partition coefficient (Wildman–Crippen LogP) is 2.41. The van der Waals surface area contributed by atoms with Crippen molar-refractivity contribution in [1.29, 1.82) is 10.5 Å². The monoisotopic (exact) mass is 378 g/mol. The fraction of sp³-hybridized carbons (Fsp3) is 0.214. The van der Waals surface area contributed by atoms with Crippen molar-refractivity contribution in [3.63, 3.8) is 0 Å². The number of hydrogen-bond donors (Lipinski definition) is 2.